The number of imidazole rings is 1. The van der Waals surface area contributed by atoms with Gasteiger partial charge in [-0.1, -0.05) is 29.8 Å². The van der Waals surface area contributed by atoms with E-state index in [1.807, 2.05) is 4.90 Å². The first kappa shape index (κ1) is 16.3. The van der Waals surface area contributed by atoms with Gasteiger partial charge in [0.1, 0.15) is 0 Å². The van der Waals surface area contributed by atoms with E-state index in [1.165, 1.54) is 11.1 Å². The lowest BCUT2D eigenvalue weighted by Gasteiger charge is -2.38. The largest absolute Gasteiger partial charge is 0.378 e. The van der Waals surface area contributed by atoms with E-state index in [9.17, 15) is 4.79 Å². The average Bonchev–Trinajstić information content (AvgIpc) is 3.10. The molecule has 0 aliphatic carbocycles. The smallest absolute Gasteiger partial charge is 0.240 e. The molecule has 6 heteroatoms. The first-order chi connectivity index (χ1) is 12.2. The number of nitrogens with zero attached hydrogens (tertiary/aromatic N) is 3. The zero-order chi connectivity index (χ0) is 17.2. The minimum absolute atomic E-state index is 0.157. The minimum Gasteiger partial charge on any atom is -0.378 e. The van der Waals surface area contributed by atoms with E-state index >= 15 is 0 Å². The number of aromatic amines is 1. The molecule has 0 spiro atoms. The second-order valence-corrected chi connectivity index (χ2v) is 6.88. The van der Waals surface area contributed by atoms with Crippen LogP contribution in [0, 0.1) is 6.92 Å². The van der Waals surface area contributed by atoms with Crippen LogP contribution in [0.15, 0.2) is 30.6 Å². The van der Waals surface area contributed by atoms with Crippen molar-refractivity contribution in [3.8, 4) is 0 Å². The van der Waals surface area contributed by atoms with Crippen molar-refractivity contribution in [2.24, 2.45) is 0 Å². The second kappa shape index (κ2) is 6.98. The molecular formula is C19H24N4O2. The molecule has 1 fully saturated rings. The quantitative estimate of drug-likeness (QED) is 0.920. The second-order valence-electron chi connectivity index (χ2n) is 6.88. The van der Waals surface area contributed by atoms with E-state index in [2.05, 4.69) is 46.1 Å². The van der Waals surface area contributed by atoms with Crippen molar-refractivity contribution in [1.82, 2.24) is 19.8 Å². The summed E-state index contributed by atoms with van der Waals surface area (Å²) >= 11 is 0. The minimum atomic E-state index is -0.157. The number of amides is 1. The van der Waals surface area contributed by atoms with Crippen LogP contribution in [0.25, 0.3) is 0 Å². The first-order valence-electron chi connectivity index (χ1n) is 8.88. The number of fused-ring (bicyclic) bond motifs is 1. The maximum Gasteiger partial charge on any atom is 0.240 e. The van der Waals surface area contributed by atoms with Crippen LogP contribution in [0.2, 0.25) is 0 Å². The first-order valence-corrected chi connectivity index (χ1v) is 8.88. The number of benzene rings is 1. The third-order valence-electron chi connectivity index (χ3n) is 5.11. The predicted octanol–water partition coefficient (Wildman–Crippen LogP) is 1.50. The van der Waals surface area contributed by atoms with Crippen molar-refractivity contribution in [1.29, 1.82) is 0 Å². The molecule has 1 N–H and O–H groups in total. The fourth-order valence-electron chi connectivity index (χ4n) is 3.62. The molecule has 2 aliphatic rings. The fourth-order valence-corrected chi connectivity index (χ4v) is 3.62. The van der Waals surface area contributed by atoms with Crippen LogP contribution in [-0.2, 0) is 29.0 Å². The van der Waals surface area contributed by atoms with Gasteiger partial charge in [-0.05, 0) is 12.5 Å². The van der Waals surface area contributed by atoms with E-state index in [0.29, 0.717) is 32.7 Å². The number of carbonyl (C=O) groups excluding carboxylic acids is 1. The maximum atomic E-state index is 13.1. The fraction of sp³-hybridized carbons (Fsp3) is 0.474. The number of hydrogen-bond acceptors (Lipinski definition) is 4. The van der Waals surface area contributed by atoms with Crippen LogP contribution < -0.4 is 0 Å². The molecule has 1 atom stereocenters. The van der Waals surface area contributed by atoms with Gasteiger partial charge in [0.15, 0.2) is 0 Å². The Hall–Kier alpha value is -2.18. The van der Waals surface area contributed by atoms with Crippen LogP contribution >= 0.6 is 0 Å². The molecule has 2 aliphatic heterocycles. The van der Waals surface area contributed by atoms with E-state index in [0.717, 1.165) is 24.5 Å². The van der Waals surface area contributed by atoms with Crippen LogP contribution in [0.5, 0.6) is 0 Å². The standard InChI is InChI=1S/C19H24N4O2/c1-14-2-4-15(5-3-14)11-23-12-17-16(20-13-21-17)10-18(23)19(24)22-6-8-25-9-7-22/h2-5,13,18H,6-12H2,1H3,(H,20,21)/t18-/m0/s1. The number of nitrogens with one attached hydrogen (secondary N) is 1. The molecule has 3 heterocycles. The average molecular weight is 340 g/mol. The Morgan fingerprint density at radius 3 is 2.80 bits per heavy atom. The van der Waals surface area contributed by atoms with Gasteiger partial charge in [0.2, 0.25) is 5.91 Å². The number of rotatable bonds is 3. The predicted molar refractivity (Wildman–Crippen MR) is 93.9 cm³/mol. The lowest BCUT2D eigenvalue weighted by atomic mass is 10.00. The molecule has 0 bridgehead atoms. The molecule has 1 amide bonds. The normalized spacial score (nSPS) is 21.2. The Balaban J connectivity index is 1.56. The Kier molecular flexibility index (Phi) is 4.55. The van der Waals surface area contributed by atoms with Gasteiger partial charge in [-0.25, -0.2) is 4.98 Å². The summed E-state index contributed by atoms with van der Waals surface area (Å²) in [5.74, 6) is 0.198. The summed E-state index contributed by atoms with van der Waals surface area (Å²) < 4.78 is 5.39. The highest BCUT2D eigenvalue weighted by atomic mass is 16.5. The van der Waals surface area contributed by atoms with Gasteiger partial charge in [-0.2, -0.15) is 0 Å². The molecule has 1 aromatic heterocycles. The highest BCUT2D eigenvalue weighted by molar-refractivity contribution is 5.82. The Morgan fingerprint density at radius 1 is 1.28 bits per heavy atom. The monoisotopic (exact) mass is 340 g/mol. The molecule has 1 saturated heterocycles. The summed E-state index contributed by atoms with van der Waals surface area (Å²) in [5.41, 5.74) is 4.62. The lowest BCUT2D eigenvalue weighted by Crippen LogP contribution is -2.53. The summed E-state index contributed by atoms with van der Waals surface area (Å²) in [6.45, 7) is 6.20. The number of carbonyl (C=O) groups is 1. The third-order valence-corrected chi connectivity index (χ3v) is 5.11. The van der Waals surface area contributed by atoms with Gasteiger partial charge in [-0.3, -0.25) is 9.69 Å². The van der Waals surface area contributed by atoms with Crippen molar-refractivity contribution in [3.63, 3.8) is 0 Å². The summed E-state index contributed by atoms with van der Waals surface area (Å²) in [6, 6.07) is 8.39. The molecule has 25 heavy (non-hydrogen) atoms. The zero-order valence-corrected chi connectivity index (χ0v) is 14.6. The number of aryl methyl sites for hydroxylation is 1. The SMILES string of the molecule is Cc1ccc(CN2Cc3[nH]cnc3C[C@H]2C(=O)N2CCOCC2)cc1. The van der Waals surface area contributed by atoms with E-state index < -0.39 is 0 Å². The van der Waals surface area contributed by atoms with Gasteiger partial charge in [-0.15, -0.1) is 0 Å². The molecule has 0 unspecified atom stereocenters. The molecular weight excluding hydrogens is 316 g/mol. The number of ether oxygens (including phenoxy) is 1. The summed E-state index contributed by atoms with van der Waals surface area (Å²) in [4.78, 5) is 25.0. The zero-order valence-electron chi connectivity index (χ0n) is 14.6. The van der Waals surface area contributed by atoms with Gasteiger partial charge < -0.3 is 14.6 Å². The molecule has 0 saturated carbocycles. The van der Waals surface area contributed by atoms with Gasteiger partial charge in [0.25, 0.3) is 0 Å². The lowest BCUT2D eigenvalue weighted by molar-refractivity contribution is -0.142. The highest BCUT2D eigenvalue weighted by Gasteiger charge is 2.35. The Labute approximate surface area is 147 Å². The van der Waals surface area contributed by atoms with E-state index in [1.54, 1.807) is 6.33 Å². The third kappa shape index (κ3) is 3.45. The summed E-state index contributed by atoms with van der Waals surface area (Å²) in [5, 5.41) is 0. The molecule has 2 aromatic rings. The van der Waals surface area contributed by atoms with Crippen LogP contribution in [0.3, 0.4) is 0 Å². The number of morpholine rings is 1. The van der Waals surface area contributed by atoms with Gasteiger partial charge in [0, 0.05) is 32.6 Å². The van der Waals surface area contributed by atoms with Crippen LogP contribution in [-0.4, -0.2) is 58.0 Å². The Morgan fingerprint density at radius 2 is 2.04 bits per heavy atom. The number of aromatic nitrogens is 2. The molecule has 132 valence electrons. The van der Waals surface area contributed by atoms with Crippen molar-refractivity contribution in [2.45, 2.75) is 32.5 Å². The maximum absolute atomic E-state index is 13.1. The van der Waals surface area contributed by atoms with E-state index in [-0.39, 0.29) is 11.9 Å². The van der Waals surface area contributed by atoms with E-state index in [4.69, 9.17) is 4.74 Å². The number of H-pyrrole nitrogens is 1. The van der Waals surface area contributed by atoms with Crippen molar-refractivity contribution >= 4 is 5.91 Å². The van der Waals surface area contributed by atoms with Crippen molar-refractivity contribution in [2.75, 3.05) is 26.3 Å². The molecule has 0 radical (unpaired) electrons. The Bertz CT molecular complexity index is 734. The van der Waals surface area contributed by atoms with Crippen LogP contribution in [0.1, 0.15) is 22.5 Å². The van der Waals surface area contributed by atoms with Crippen molar-refractivity contribution in [3.05, 3.63) is 53.1 Å². The summed E-state index contributed by atoms with van der Waals surface area (Å²) in [6.07, 6.45) is 2.40. The molecule has 6 nitrogen and oxygen atoms in total. The molecule has 4 rings (SSSR count). The summed E-state index contributed by atoms with van der Waals surface area (Å²) in [7, 11) is 0. The number of hydrogen-bond donors (Lipinski definition) is 1. The topological polar surface area (TPSA) is 61.5 Å². The highest BCUT2D eigenvalue weighted by Crippen LogP contribution is 2.24. The van der Waals surface area contributed by atoms with Crippen LogP contribution in [0.4, 0.5) is 0 Å². The van der Waals surface area contributed by atoms with Crippen molar-refractivity contribution < 1.29 is 9.53 Å². The van der Waals surface area contributed by atoms with Gasteiger partial charge >= 0.3 is 0 Å². The van der Waals surface area contributed by atoms with Gasteiger partial charge in [0.05, 0.1) is 37.0 Å². The molecule has 1 aromatic carbocycles.